The Labute approximate surface area is 120 Å². The van der Waals surface area contributed by atoms with Crippen LogP contribution in [0.3, 0.4) is 0 Å². The van der Waals surface area contributed by atoms with Crippen LogP contribution in [0, 0.1) is 0 Å². The lowest BCUT2D eigenvalue weighted by molar-refractivity contribution is 0.199. The maximum absolute atomic E-state index is 5.00. The molecule has 0 fully saturated rings. The second kappa shape index (κ2) is 7.78. The molecule has 0 aliphatic rings. The van der Waals surface area contributed by atoms with Crippen molar-refractivity contribution in [1.82, 2.24) is 10.3 Å². The lowest BCUT2D eigenvalue weighted by atomic mass is 10.0. The summed E-state index contributed by atoms with van der Waals surface area (Å²) in [5.74, 6) is 0. The van der Waals surface area contributed by atoms with Crippen molar-refractivity contribution in [2.24, 2.45) is 0 Å². The molecule has 0 unspecified atom stereocenters. The van der Waals surface area contributed by atoms with Gasteiger partial charge < -0.3 is 10.1 Å². The predicted octanol–water partition coefficient (Wildman–Crippen LogP) is 3.26. The van der Waals surface area contributed by atoms with Crippen molar-refractivity contribution in [3.05, 3.63) is 48.2 Å². The predicted molar refractivity (Wildman–Crippen MR) is 84.8 cm³/mol. The fraction of sp³-hybridized carbons (Fsp3) is 0.353. The Kier molecular flexibility index (Phi) is 5.71. The van der Waals surface area contributed by atoms with Crippen molar-refractivity contribution in [2.75, 3.05) is 26.8 Å². The number of nitrogens with one attached hydrogen (secondary N) is 1. The first-order valence-electron chi connectivity index (χ1n) is 7.03. The van der Waals surface area contributed by atoms with Gasteiger partial charge in [-0.25, -0.2) is 0 Å². The summed E-state index contributed by atoms with van der Waals surface area (Å²) < 4.78 is 5.00. The Bertz CT molecular complexity index is 573. The van der Waals surface area contributed by atoms with Crippen LogP contribution in [0.15, 0.2) is 42.6 Å². The Hall–Kier alpha value is -1.71. The van der Waals surface area contributed by atoms with Crippen LogP contribution < -0.4 is 5.32 Å². The first kappa shape index (κ1) is 14.7. The van der Waals surface area contributed by atoms with Crippen LogP contribution in [0.4, 0.5) is 0 Å². The van der Waals surface area contributed by atoms with E-state index in [4.69, 9.17) is 4.74 Å². The maximum Gasteiger partial charge on any atom is 0.0776 e. The molecule has 1 aromatic carbocycles. The molecule has 3 heteroatoms. The van der Waals surface area contributed by atoms with E-state index in [-0.39, 0.29) is 0 Å². The van der Waals surface area contributed by atoms with Crippen molar-refractivity contribution in [1.29, 1.82) is 0 Å². The molecule has 0 saturated heterocycles. The number of pyridine rings is 1. The fourth-order valence-corrected chi connectivity index (χ4v) is 2.22. The van der Waals surface area contributed by atoms with Gasteiger partial charge in [0.2, 0.25) is 0 Å². The number of aromatic nitrogens is 1. The Morgan fingerprint density at radius 2 is 2.10 bits per heavy atom. The van der Waals surface area contributed by atoms with Crippen LogP contribution in [-0.2, 0) is 4.74 Å². The zero-order valence-corrected chi connectivity index (χ0v) is 12.2. The minimum Gasteiger partial charge on any atom is -0.383 e. The molecule has 2 aromatic rings. The molecule has 0 radical (unpaired) electrons. The maximum atomic E-state index is 5.00. The van der Waals surface area contributed by atoms with Gasteiger partial charge in [0.1, 0.15) is 0 Å². The minimum atomic E-state index is 0.760. The van der Waals surface area contributed by atoms with E-state index >= 15 is 0 Å². The molecule has 1 heterocycles. The highest BCUT2D eigenvalue weighted by molar-refractivity contribution is 5.90. The van der Waals surface area contributed by atoms with Gasteiger partial charge in [-0.05, 0) is 31.5 Å². The van der Waals surface area contributed by atoms with Gasteiger partial charge in [0.25, 0.3) is 0 Å². The van der Waals surface area contributed by atoms with E-state index in [1.807, 2.05) is 12.3 Å². The van der Waals surface area contributed by atoms with E-state index in [1.54, 1.807) is 7.11 Å². The SMILES string of the molecule is COCCNCC/C=C(/C)c1cccc2cccnc12. The number of benzene rings is 1. The van der Waals surface area contributed by atoms with Crippen LogP contribution in [0.5, 0.6) is 0 Å². The van der Waals surface area contributed by atoms with Crippen molar-refractivity contribution in [2.45, 2.75) is 13.3 Å². The third kappa shape index (κ3) is 3.89. The second-order valence-electron chi connectivity index (χ2n) is 4.80. The third-order valence-electron chi connectivity index (χ3n) is 3.31. The van der Waals surface area contributed by atoms with E-state index in [1.165, 1.54) is 16.5 Å². The van der Waals surface area contributed by atoms with Gasteiger partial charge in [0.05, 0.1) is 12.1 Å². The Morgan fingerprint density at radius 1 is 1.25 bits per heavy atom. The molecule has 0 bridgehead atoms. The van der Waals surface area contributed by atoms with E-state index in [0.717, 1.165) is 31.6 Å². The van der Waals surface area contributed by atoms with Crippen molar-refractivity contribution in [3.8, 4) is 0 Å². The second-order valence-corrected chi connectivity index (χ2v) is 4.80. The largest absolute Gasteiger partial charge is 0.383 e. The highest BCUT2D eigenvalue weighted by Gasteiger charge is 2.02. The van der Waals surface area contributed by atoms with Crippen molar-refractivity contribution in [3.63, 3.8) is 0 Å². The van der Waals surface area contributed by atoms with Gasteiger partial charge in [0.15, 0.2) is 0 Å². The summed E-state index contributed by atoms with van der Waals surface area (Å²) in [5, 5.41) is 4.54. The number of nitrogens with zero attached hydrogens (tertiary/aromatic N) is 1. The molecule has 1 aromatic heterocycles. The smallest absolute Gasteiger partial charge is 0.0776 e. The fourth-order valence-electron chi connectivity index (χ4n) is 2.22. The van der Waals surface area contributed by atoms with Gasteiger partial charge in [-0.2, -0.15) is 0 Å². The van der Waals surface area contributed by atoms with Gasteiger partial charge in [-0.3, -0.25) is 4.98 Å². The number of fused-ring (bicyclic) bond motifs is 1. The average molecular weight is 270 g/mol. The molecule has 0 aliphatic heterocycles. The number of allylic oxidation sites excluding steroid dienone is 1. The van der Waals surface area contributed by atoms with E-state index in [0.29, 0.717) is 0 Å². The molecule has 2 rings (SSSR count). The third-order valence-corrected chi connectivity index (χ3v) is 3.31. The van der Waals surface area contributed by atoms with E-state index in [9.17, 15) is 0 Å². The molecule has 3 nitrogen and oxygen atoms in total. The van der Waals surface area contributed by atoms with Crippen LogP contribution in [-0.4, -0.2) is 31.8 Å². The molecular formula is C17H22N2O. The molecule has 0 amide bonds. The first-order valence-corrected chi connectivity index (χ1v) is 7.03. The normalized spacial score (nSPS) is 12.0. The van der Waals surface area contributed by atoms with Crippen LogP contribution in [0.1, 0.15) is 18.9 Å². The van der Waals surface area contributed by atoms with Gasteiger partial charge in [-0.1, -0.05) is 30.3 Å². The lowest BCUT2D eigenvalue weighted by Crippen LogP contribution is -2.19. The Balaban J connectivity index is 2.02. The quantitative estimate of drug-likeness (QED) is 0.784. The van der Waals surface area contributed by atoms with Crippen molar-refractivity contribution < 1.29 is 4.74 Å². The number of ether oxygens (including phenoxy) is 1. The van der Waals surface area contributed by atoms with Gasteiger partial charge in [0, 0.05) is 30.8 Å². The van der Waals surface area contributed by atoms with Crippen LogP contribution in [0.25, 0.3) is 16.5 Å². The van der Waals surface area contributed by atoms with Crippen LogP contribution in [0.2, 0.25) is 0 Å². The average Bonchev–Trinajstić information content (AvgIpc) is 2.50. The lowest BCUT2D eigenvalue weighted by Gasteiger charge is -2.06. The summed E-state index contributed by atoms with van der Waals surface area (Å²) in [6.45, 7) is 4.78. The van der Waals surface area contributed by atoms with E-state index in [2.05, 4.69) is 47.6 Å². The molecule has 0 aliphatic carbocycles. The number of rotatable bonds is 7. The summed E-state index contributed by atoms with van der Waals surface area (Å²) in [5.41, 5.74) is 3.58. The summed E-state index contributed by atoms with van der Waals surface area (Å²) in [7, 11) is 1.72. The van der Waals surface area contributed by atoms with Crippen LogP contribution >= 0.6 is 0 Å². The highest BCUT2D eigenvalue weighted by atomic mass is 16.5. The molecule has 0 spiro atoms. The standard InChI is InChI=1S/C17H22N2O/c1-14(6-4-10-18-12-13-20-2)16-9-3-7-15-8-5-11-19-17(15)16/h3,5-9,11,18H,4,10,12-13H2,1-2H3/b14-6-. The number of para-hydroxylation sites is 1. The molecule has 0 saturated carbocycles. The van der Waals surface area contributed by atoms with E-state index < -0.39 is 0 Å². The number of hydrogen-bond donors (Lipinski definition) is 1. The number of methoxy groups -OCH3 is 1. The summed E-state index contributed by atoms with van der Waals surface area (Å²) in [6, 6.07) is 10.4. The topological polar surface area (TPSA) is 34.1 Å². The first-order chi connectivity index (χ1) is 9.83. The molecular weight excluding hydrogens is 248 g/mol. The molecule has 106 valence electrons. The molecule has 20 heavy (non-hydrogen) atoms. The van der Waals surface area contributed by atoms with Gasteiger partial charge >= 0.3 is 0 Å². The summed E-state index contributed by atoms with van der Waals surface area (Å²) >= 11 is 0. The number of hydrogen-bond acceptors (Lipinski definition) is 3. The monoisotopic (exact) mass is 270 g/mol. The summed E-state index contributed by atoms with van der Waals surface area (Å²) in [4.78, 5) is 4.50. The minimum absolute atomic E-state index is 0.760. The zero-order valence-electron chi connectivity index (χ0n) is 12.2. The molecule has 0 atom stereocenters. The highest BCUT2D eigenvalue weighted by Crippen LogP contribution is 2.23. The Morgan fingerprint density at radius 3 is 2.95 bits per heavy atom. The summed E-state index contributed by atoms with van der Waals surface area (Å²) in [6.07, 6.45) is 5.13. The van der Waals surface area contributed by atoms with Gasteiger partial charge in [-0.15, -0.1) is 0 Å². The van der Waals surface area contributed by atoms with Crippen molar-refractivity contribution >= 4 is 16.5 Å². The molecule has 1 N–H and O–H groups in total. The zero-order chi connectivity index (χ0) is 14.2.